The van der Waals surface area contributed by atoms with E-state index in [9.17, 15) is 4.79 Å². The van der Waals surface area contributed by atoms with Gasteiger partial charge in [-0.25, -0.2) is 0 Å². The van der Waals surface area contributed by atoms with Crippen molar-refractivity contribution < 1.29 is 4.79 Å². The van der Waals surface area contributed by atoms with Crippen LogP contribution in [0.4, 0.5) is 0 Å². The van der Waals surface area contributed by atoms with Crippen molar-refractivity contribution in [3.8, 4) is 0 Å². The minimum Gasteiger partial charge on any atom is -0.351 e. The summed E-state index contributed by atoms with van der Waals surface area (Å²) in [5.41, 5.74) is 2.04. The highest BCUT2D eigenvalue weighted by atomic mass is 35.5. The third-order valence-corrected chi connectivity index (χ3v) is 2.27. The first-order chi connectivity index (χ1) is 7.54. The van der Waals surface area contributed by atoms with E-state index in [1.165, 1.54) is 0 Å². The van der Waals surface area contributed by atoms with Crippen molar-refractivity contribution in [2.45, 2.75) is 32.6 Å². The molecule has 16 heavy (non-hydrogen) atoms. The highest BCUT2D eigenvalue weighted by Gasteiger charge is 2.12. The molecule has 0 radical (unpaired) electrons. The lowest BCUT2D eigenvalue weighted by molar-refractivity contribution is 0.0952. The second kappa shape index (κ2) is 5.80. The number of rotatable bonds is 4. The van der Waals surface area contributed by atoms with E-state index < -0.39 is 0 Å². The van der Waals surface area contributed by atoms with Crippen LogP contribution in [-0.2, 0) is 6.42 Å². The predicted molar refractivity (Wildman–Crippen MR) is 63.8 cm³/mol. The molecule has 88 valence electrons. The van der Waals surface area contributed by atoms with Crippen LogP contribution in [-0.4, -0.2) is 28.0 Å². The molecule has 0 aromatic carbocycles. The fraction of sp³-hybridized carbons (Fsp3) is 0.545. The van der Waals surface area contributed by atoms with Gasteiger partial charge in [0.05, 0.1) is 17.0 Å². The van der Waals surface area contributed by atoms with E-state index in [1.54, 1.807) is 6.07 Å². The largest absolute Gasteiger partial charge is 0.351 e. The first kappa shape index (κ1) is 12.9. The molecule has 1 unspecified atom stereocenters. The molecule has 1 aromatic heterocycles. The average Bonchev–Trinajstić information content (AvgIpc) is 2.25. The Labute approximate surface area is 100 Å². The van der Waals surface area contributed by atoms with Gasteiger partial charge >= 0.3 is 0 Å². The van der Waals surface area contributed by atoms with Crippen molar-refractivity contribution in [2.75, 3.05) is 6.54 Å². The SMILES string of the molecule is CCc1nnc(C)cc1C(=O)NCC(C)Cl. The Morgan fingerprint density at radius 1 is 1.56 bits per heavy atom. The van der Waals surface area contributed by atoms with Crippen molar-refractivity contribution in [3.63, 3.8) is 0 Å². The molecule has 1 heterocycles. The quantitative estimate of drug-likeness (QED) is 0.817. The normalized spacial score (nSPS) is 12.2. The summed E-state index contributed by atoms with van der Waals surface area (Å²) in [4.78, 5) is 11.8. The van der Waals surface area contributed by atoms with Gasteiger partial charge in [-0.2, -0.15) is 10.2 Å². The molecular formula is C11H16ClN3O. The molecule has 0 saturated heterocycles. The van der Waals surface area contributed by atoms with Crippen LogP contribution >= 0.6 is 11.6 Å². The number of hydrogen-bond acceptors (Lipinski definition) is 3. The minimum atomic E-state index is -0.137. The number of aromatic nitrogens is 2. The van der Waals surface area contributed by atoms with Gasteiger partial charge in [0.15, 0.2) is 0 Å². The number of halogens is 1. The molecule has 1 amide bonds. The maximum Gasteiger partial charge on any atom is 0.253 e. The molecule has 0 saturated carbocycles. The molecule has 1 aromatic rings. The summed E-state index contributed by atoms with van der Waals surface area (Å²) < 4.78 is 0. The van der Waals surface area contributed by atoms with Crippen LogP contribution in [0.15, 0.2) is 6.07 Å². The molecule has 5 heteroatoms. The monoisotopic (exact) mass is 241 g/mol. The Kier molecular flexibility index (Phi) is 4.68. The van der Waals surface area contributed by atoms with Crippen LogP contribution in [0.3, 0.4) is 0 Å². The maximum absolute atomic E-state index is 11.8. The average molecular weight is 242 g/mol. The van der Waals surface area contributed by atoms with Gasteiger partial charge in [-0.1, -0.05) is 6.92 Å². The molecule has 0 bridgehead atoms. The highest BCUT2D eigenvalue weighted by molar-refractivity contribution is 6.20. The van der Waals surface area contributed by atoms with Crippen LogP contribution in [0, 0.1) is 6.92 Å². The number of alkyl halides is 1. The van der Waals surface area contributed by atoms with E-state index in [0.29, 0.717) is 24.2 Å². The summed E-state index contributed by atoms with van der Waals surface area (Å²) in [6.07, 6.45) is 0.687. The zero-order chi connectivity index (χ0) is 12.1. The van der Waals surface area contributed by atoms with Gasteiger partial charge < -0.3 is 5.32 Å². The minimum absolute atomic E-state index is 0.0788. The number of nitrogens with zero attached hydrogens (tertiary/aromatic N) is 2. The van der Waals surface area contributed by atoms with E-state index >= 15 is 0 Å². The maximum atomic E-state index is 11.8. The van der Waals surface area contributed by atoms with Crippen LogP contribution in [0.25, 0.3) is 0 Å². The van der Waals surface area contributed by atoms with Crippen molar-refractivity contribution in [1.29, 1.82) is 0 Å². The molecule has 1 atom stereocenters. The van der Waals surface area contributed by atoms with Crippen LogP contribution < -0.4 is 5.32 Å². The lowest BCUT2D eigenvalue weighted by atomic mass is 10.1. The molecule has 0 spiro atoms. The Balaban J connectivity index is 2.84. The number of hydrogen-bond donors (Lipinski definition) is 1. The Morgan fingerprint density at radius 2 is 2.25 bits per heavy atom. The lowest BCUT2D eigenvalue weighted by Gasteiger charge is -2.09. The van der Waals surface area contributed by atoms with Gasteiger partial charge in [0.1, 0.15) is 0 Å². The number of aryl methyl sites for hydroxylation is 2. The third-order valence-electron chi connectivity index (χ3n) is 2.12. The smallest absolute Gasteiger partial charge is 0.253 e. The number of nitrogens with one attached hydrogen (secondary N) is 1. The summed E-state index contributed by atoms with van der Waals surface area (Å²) >= 11 is 5.77. The van der Waals surface area contributed by atoms with Crippen LogP contribution in [0.5, 0.6) is 0 Å². The van der Waals surface area contributed by atoms with Gasteiger partial charge in [-0.3, -0.25) is 4.79 Å². The predicted octanol–water partition coefficient (Wildman–Crippen LogP) is 1.70. The Bertz CT molecular complexity index is 379. The summed E-state index contributed by atoms with van der Waals surface area (Å²) in [6, 6.07) is 1.75. The second-order valence-electron chi connectivity index (χ2n) is 3.69. The van der Waals surface area contributed by atoms with Crippen LogP contribution in [0.1, 0.15) is 35.6 Å². The first-order valence-corrected chi connectivity index (χ1v) is 5.73. The molecule has 4 nitrogen and oxygen atoms in total. The fourth-order valence-electron chi connectivity index (χ4n) is 1.30. The third kappa shape index (κ3) is 3.45. The van der Waals surface area contributed by atoms with Gasteiger partial charge in [0.2, 0.25) is 0 Å². The van der Waals surface area contributed by atoms with Crippen molar-refractivity contribution in [2.24, 2.45) is 0 Å². The van der Waals surface area contributed by atoms with Gasteiger partial charge in [0.25, 0.3) is 5.91 Å². The molecule has 0 aliphatic heterocycles. The number of amides is 1. The standard InChI is InChI=1S/C11H16ClN3O/c1-4-10-9(5-8(3)14-15-10)11(16)13-6-7(2)12/h5,7H,4,6H2,1-3H3,(H,13,16). The number of carbonyl (C=O) groups is 1. The van der Waals surface area contributed by atoms with Crippen molar-refractivity contribution in [3.05, 3.63) is 23.0 Å². The topological polar surface area (TPSA) is 54.9 Å². The van der Waals surface area contributed by atoms with Gasteiger partial charge in [0, 0.05) is 11.9 Å². The van der Waals surface area contributed by atoms with E-state index in [2.05, 4.69) is 15.5 Å². The molecular weight excluding hydrogens is 226 g/mol. The molecule has 0 aliphatic rings. The zero-order valence-corrected chi connectivity index (χ0v) is 10.5. The zero-order valence-electron chi connectivity index (χ0n) is 9.75. The fourth-order valence-corrected chi connectivity index (χ4v) is 1.38. The Hall–Kier alpha value is -1.16. The second-order valence-corrected chi connectivity index (χ2v) is 4.44. The first-order valence-electron chi connectivity index (χ1n) is 5.30. The van der Waals surface area contributed by atoms with Gasteiger partial charge in [-0.05, 0) is 26.3 Å². The summed E-state index contributed by atoms with van der Waals surface area (Å²) in [7, 11) is 0. The summed E-state index contributed by atoms with van der Waals surface area (Å²) in [5, 5.41) is 10.6. The summed E-state index contributed by atoms with van der Waals surface area (Å²) in [5.74, 6) is -0.137. The van der Waals surface area contributed by atoms with E-state index in [0.717, 1.165) is 5.69 Å². The van der Waals surface area contributed by atoms with Gasteiger partial charge in [-0.15, -0.1) is 11.6 Å². The molecule has 0 fully saturated rings. The molecule has 1 rings (SSSR count). The molecule has 1 N–H and O–H groups in total. The lowest BCUT2D eigenvalue weighted by Crippen LogP contribution is -2.29. The van der Waals surface area contributed by atoms with E-state index in [1.807, 2.05) is 20.8 Å². The van der Waals surface area contributed by atoms with Crippen LogP contribution in [0.2, 0.25) is 0 Å². The van der Waals surface area contributed by atoms with Crippen molar-refractivity contribution >= 4 is 17.5 Å². The number of carbonyl (C=O) groups excluding carboxylic acids is 1. The summed E-state index contributed by atoms with van der Waals surface area (Å²) in [6.45, 7) is 6.04. The highest BCUT2D eigenvalue weighted by Crippen LogP contribution is 2.07. The van der Waals surface area contributed by atoms with Crippen molar-refractivity contribution in [1.82, 2.24) is 15.5 Å². The Morgan fingerprint density at radius 3 is 2.81 bits per heavy atom. The molecule has 0 aliphatic carbocycles. The van der Waals surface area contributed by atoms with E-state index in [-0.39, 0.29) is 11.3 Å². The van der Waals surface area contributed by atoms with E-state index in [4.69, 9.17) is 11.6 Å².